The largest absolute Gasteiger partial charge is 0.361 e. The quantitative estimate of drug-likeness (QED) is 0.412. The van der Waals surface area contributed by atoms with Crippen LogP contribution in [0.15, 0.2) is 94.9 Å². The molecule has 0 radical (unpaired) electrons. The Morgan fingerprint density at radius 1 is 0.971 bits per heavy atom. The van der Waals surface area contributed by atoms with Gasteiger partial charge in [-0.15, -0.1) is 0 Å². The van der Waals surface area contributed by atoms with Crippen LogP contribution in [-0.2, 0) is 21.2 Å². The molecule has 3 N–H and O–H groups in total. The fourth-order valence-electron chi connectivity index (χ4n) is 3.99. The highest BCUT2D eigenvalue weighted by Crippen LogP contribution is 2.36. The normalized spacial score (nSPS) is 17.7. The minimum absolute atomic E-state index is 0.0168. The minimum atomic E-state index is -3.78. The molecule has 1 aliphatic heterocycles. The van der Waals surface area contributed by atoms with Crippen molar-refractivity contribution >= 4 is 55.1 Å². The second-order valence-electron chi connectivity index (χ2n) is 7.95. The van der Waals surface area contributed by atoms with Gasteiger partial charge in [0.1, 0.15) is 0 Å². The van der Waals surface area contributed by atoms with Crippen molar-refractivity contribution in [2.45, 2.75) is 23.0 Å². The average Bonchev–Trinajstić information content (AvgIpc) is 3.38. The lowest BCUT2D eigenvalue weighted by atomic mass is 10.1. The molecule has 1 amide bonds. The van der Waals surface area contributed by atoms with E-state index >= 15 is 0 Å². The fraction of sp³-hybridized carbons (Fsp3) is 0.120. The molecule has 0 saturated carbocycles. The molecule has 1 unspecified atom stereocenters. The molecule has 172 valence electrons. The smallest absolute Gasteiger partial charge is 0.246 e. The SMILES string of the molecule is NS(=O)(=O)c1ccc(N=C2SC(CCc3c[nH]c4ccccc34)C(=O)N2c2ccccc2)cc1. The number of para-hydroxylation sites is 2. The van der Waals surface area contributed by atoms with E-state index in [4.69, 9.17) is 5.14 Å². The Morgan fingerprint density at radius 2 is 1.68 bits per heavy atom. The standard InChI is InChI=1S/C25H22N4O3S2/c26-34(31,32)20-13-11-18(12-14-20)28-25-29(19-6-2-1-3-7-19)24(30)23(33-25)15-10-17-16-27-22-9-5-4-8-21(17)22/h1-9,11-14,16,23,27H,10,15H2,(H2,26,31,32). The lowest BCUT2D eigenvalue weighted by Crippen LogP contribution is -2.32. The first-order valence-corrected chi connectivity index (χ1v) is 13.1. The Labute approximate surface area is 201 Å². The number of benzene rings is 3. The maximum absolute atomic E-state index is 13.4. The zero-order valence-corrected chi connectivity index (χ0v) is 19.7. The van der Waals surface area contributed by atoms with Crippen LogP contribution in [0.4, 0.5) is 11.4 Å². The summed E-state index contributed by atoms with van der Waals surface area (Å²) in [6.07, 6.45) is 3.43. The van der Waals surface area contributed by atoms with Gasteiger partial charge in [-0.1, -0.05) is 48.2 Å². The molecule has 1 saturated heterocycles. The van der Waals surface area contributed by atoms with Gasteiger partial charge < -0.3 is 4.98 Å². The number of H-pyrrole nitrogens is 1. The maximum Gasteiger partial charge on any atom is 0.246 e. The molecular formula is C25H22N4O3S2. The van der Waals surface area contributed by atoms with Crippen molar-refractivity contribution in [1.29, 1.82) is 0 Å². The lowest BCUT2D eigenvalue weighted by Gasteiger charge is -2.16. The number of amidine groups is 1. The van der Waals surface area contributed by atoms with Crippen LogP contribution in [0.25, 0.3) is 10.9 Å². The molecule has 5 rings (SSSR count). The summed E-state index contributed by atoms with van der Waals surface area (Å²) < 4.78 is 23.1. The molecule has 0 bridgehead atoms. The number of hydrogen-bond donors (Lipinski definition) is 2. The third-order valence-corrected chi connectivity index (χ3v) is 7.83. The van der Waals surface area contributed by atoms with Gasteiger partial charge in [0.25, 0.3) is 0 Å². The number of aromatic amines is 1. The van der Waals surface area contributed by atoms with Gasteiger partial charge in [-0.05, 0) is 60.9 Å². The molecule has 2 heterocycles. The third kappa shape index (κ3) is 4.50. The number of nitrogens with zero attached hydrogens (tertiary/aromatic N) is 2. The van der Waals surface area contributed by atoms with Gasteiger partial charge in [-0.25, -0.2) is 18.5 Å². The number of carbonyl (C=O) groups is 1. The number of nitrogens with one attached hydrogen (secondary N) is 1. The summed E-state index contributed by atoms with van der Waals surface area (Å²) in [5.74, 6) is -0.0176. The van der Waals surface area contributed by atoms with Crippen LogP contribution in [0.3, 0.4) is 0 Å². The molecule has 7 nitrogen and oxygen atoms in total. The van der Waals surface area contributed by atoms with Crippen molar-refractivity contribution in [1.82, 2.24) is 4.98 Å². The minimum Gasteiger partial charge on any atom is -0.361 e. The van der Waals surface area contributed by atoms with Crippen molar-refractivity contribution < 1.29 is 13.2 Å². The van der Waals surface area contributed by atoms with Crippen molar-refractivity contribution in [2.24, 2.45) is 10.1 Å². The average molecular weight is 491 g/mol. The number of primary sulfonamides is 1. The van der Waals surface area contributed by atoms with Crippen molar-refractivity contribution in [2.75, 3.05) is 4.90 Å². The van der Waals surface area contributed by atoms with E-state index in [1.165, 1.54) is 34.8 Å². The highest BCUT2D eigenvalue weighted by atomic mass is 32.2. The number of rotatable bonds is 6. The molecule has 4 aromatic rings. The highest BCUT2D eigenvalue weighted by molar-refractivity contribution is 8.16. The molecule has 0 spiro atoms. The highest BCUT2D eigenvalue weighted by Gasteiger charge is 2.38. The molecule has 1 atom stereocenters. The zero-order valence-electron chi connectivity index (χ0n) is 18.1. The van der Waals surface area contributed by atoms with Crippen LogP contribution < -0.4 is 10.0 Å². The molecule has 1 fully saturated rings. The monoisotopic (exact) mass is 490 g/mol. The van der Waals surface area contributed by atoms with E-state index in [1.807, 2.05) is 54.7 Å². The van der Waals surface area contributed by atoms with Crippen LogP contribution >= 0.6 is 11.8 Å². The molecule has 34 heavy (non-hydrogen) atoms. The van der Waals surface area contributed by atoms with Gasteiger partial charge in [0.05, 0.1) is 21.5 Å². The Morgan fingerprint density at radius 3 is 2.41 bits per heavy atom. The molecule has 1 aromatic heterocycles. The molecular weight excluding hydrogens is 468 g/mol. The summed E-state index contributed by atoms with van der Waals surface area (Å²) in [6, 6.07) is 23.5. The predicted octanol–water partition coefficient (Wildman–Crippen LogP) is 4.58. The zero-order chi connectivity index (χ0) is 23.7. The predicted molar refractivity (Wildman–Crippen MR) is 137 cm³/mol. The number of aromatic nitrogens is 1. The van der Waals surface area contributed by atoms with E-state index in [2.05, 4.69) is 16.0 Å². The number of hydrogen-bond acceptors (Lipinski definition) is 5. The summed E-state index contributed by atoms with van der Waals surface area (Å²) in [7, 11) is -3.78. The van der Waals surface area contributed by atoms with E-state index in [0.717, 1.165) is 17.6 Å². The first-order valence-electron chi connectivity index (χ1n) is 10.7. The van der Waals surface area contributed by atoms with Gasteiger partial charge in [-0.2, -0.15) is 0 Å². The number of sulfonamides is 1. The van der Waals surface area contributed by atoms with Crippen LogP contribution in [-0.4, -0.2) is 29.7 Å². The van der Waals surface area contributed by atoms with E-state index in [9.17, 15) is 13.2 Å². The number of aryl methyl sites for hydroxylation is 1. The van der Waals surface area contributed by atoms with E-state index in [0.29, 0.717) is 17.3 Å². The number of thioether (sulfide) groups is 1. The summed E-state index contributed by atoms with van der Waals surface area (Å²) in [5.41, 5.74) is 3.55. The second-order valence-corrected chi connectivity index (χ2v) is 10.7. The Balaban J connectivity index is 1.43. The third-order valence-electron chi connectivity index (χ3n) is 5.69. The van der Waals surface area contributed by atoms with Crippen molar-refractivity contribution in [3.8, 4) is 0 Å². The van der Waals surface area contributed by atoms with Crippen LogP contribution in [0.1, 0.15) is 12.0 Å². The van der Waals surface area contributed by atoms with Gasteiger partial charge in [-0.3, -0.25) is 9.69 Å². The second kappa shape index (κ2) is 9.09. The maximum atomic E-state index is 13.4. The van der Waals surface area contributed by atoms with Gasteiger partial charge in [0, 0.05) is 17.1 Å². The summed E-state index contributed by atoms with van der Waals surface area (Å²) >= 11 is 1.43. The molecule has 1 aliphatic rings. The van der Waals surface area contributed by atoms with Gasteiger partial charge >= 0.3 is 0 Å². The topological polar surface area (TPSA) is 109 Å². The van der Waals surface area contributed by atoms with Crippen molar-refractivity contribution in [3.05, 3.63) is 90.6 Å². The number of amides is 1. The number of carbonyl (C=O) groups excluding carboxylic acids is 1. The number of nitrogens with two attached hydrogens (primary N) is 1. The molecule has 3 aromatic carbocycles. The molecule has 9 heteroatoms. The Hall–Kier alpha value is -3.40. The first-order chi connectivity index (χ1) is 16.4. The van der Waals surface area contributed by atoms with Crippen LogP contribution in [0, 0.1) is 0 Å². The number of anilines is 1. The Bertz CT molecular complexity index is 1480. The van der Waals surface area contributed by atoms with Crippen LogP contribution in [0.5, 0.6) is 0 Å². The Kier molecular flexibility index (Phi) is 5.99. The fourth-order valence-corrected chi connectivity index (χ4v) is 5.66. The van der Waals surface area contributed by atoms with Crippen LogP contribution in [0.2, 0.25) is 0 Å². The van der Waals surface area contributed by atoms with E-state index in [1.54, 1.807) is 17.0 Å². The van der Waals surface area contributed by atoms with E-state index < -0.39 is 10.0 Å². The molecule has 0 aliphatic carbocycles. The number of fused-ring (bicyclic) bond motifs is 1. The summed E-state index contributed by atoms with van der Waals surface area (Å²) in [5, 5.41) is 6.64. The lowest BCUT2D eigenvalue weighted by molar-refractivity contribution is -0.117. The van der Waals surface area contributed by atoms with Gasteiger partial charge in [0.15, 0.2) is 5.17 Å². The first kappa shape index (κ1) is 22.4. The summed E-state index contributed by atoms with van der Waals surface area (Å²) in [6.45, 7) is 0. The number of aliphatic imine (C=N–C) groups is 1. The van der Waals surface area contributed by atoms with E-state index in [-0.39, 0.29) is 16.1 Å². The van der Waals surface area contributed by atoms with Gasteiger partial charge in [0.2, 0.25) is 15.9 Å². The summed E-state index contributed by atoms with van der Waals surface area (Å²) in [4.78, 5) is 23.1. The van der Waals surface area contributed by atoms with Crippen molar-refractivity contribution in [3.63, 3.8) is 0 Å².